The van der Waals surface area contributed by atoms with Gasteiger partial charge >= 0.3 is 0 Å². The first-order chi connectivity index (χ1) is 9.05. The Balaban J connectivity index is 2.12. The summed E-state index contributed by atoms with van der Waals surface area (Å²) in [7, 11) is 4.27. The van der Waals surface area contributed by atoms with Crippen molar-refractivity contribution in [2.45, 2.75) is 31.2 Å². The number of likely N-dealkylation sites (N-methyl/N-ethyl adjacent to an activating group) is 1. The summed E-state index contributed by atoms with van der Waals surface area (Å²) in [5, 5.41) is 11.4. The van der Waals surface area contributed by atoms with E-state index >= 15 is 0 Å². The first kappa shape index (κ1) is 14.1. The van der Waals surface area contributed by atoms with Crippen LogP contribution in [0.5, 0.6) is 0 Å². The monoisotopic (exact) mass is 279 g/mol. The fourth-order valence-corrected chi connectivity index (χ4v) is 2.89. The molecule has 0 aliphatic heterocycles. The molecular weight excluding hydrogens is 258 g/mol. The van der Waals surface area contributed by atoms with Crippen molar-refractivity contribution in [2.75, 3.05) is 26.0 Å². The van der Waals surface area contributed by atoms with Gasteiger partial charge in [-0.25, -0.2) is 0 Å². The SMILES string of the molecule is CN(C)C1(CNc2nnccc2C(N)=S)CCCC1. The molecule has 0 aromatic carbocycles. The number of nitrogens with zero attached hydrogens (tertiary/aromatic N) is 3. The Morgan fingerprint density at radius 2 is 2.16 bits per heavy atom. The summed E-state index contributed by atoms with van der Waals surface area (Å²) in [6.07, 6.45) is 6.58. The van der Waals surface area contributed by atoms with E-state index in [9.17, 15) is 0 Å². The summed E-state index contributed by atoms with van der Waals surface area (Å²) in [4.78, 5) is 2.66. The number of aromatic nitrogens is 2. The van der Waals surface area contributed by atoms with E-state index in [1.807, 2.05) is 0 Å². The number of rotatable bonds is 5. The predicted octanol–water partition coefficient (Wildman–Crippen LogP) is 1.40. The maximum Gasteiger partial charge on any atom is 0.159 e. The van der Waals surface area contributed by atoms with Gasteiger partial charge < -0.3 is 16.0 Å². The van der Waals surface area contributed by atoms with Gasteiger partial charge in [0.1, 0.15) is 4.99 Å². The zero-order chi connectivity index (χ0) is 13.9. The lowest BCUT2D eigenvalue weighted by molar-refractivity contribution is 0.172. The molecule has 1 aliphatic carbocycles. The van der Waals surface area contributed by atoms with Crippen LogP contribution in [0.3, 0.4) is 0 Å². The van der Waals surface area contributed by atoms with Gasteiger partial charge in [0.15, 0.2) is 5.82 Å². The highest BCUT2D eigenvalue weighted by Gasteiger charge is 2.35. The van der Waals surface area contributed by atoms with Gasteiger partial charge in [0, 0.05) is 12.1 Å². The number of hydrogen-bond donors (Lipinski definition) is 2. The van der Waals surface area contributed by atoms with Gasteiger partial charge in [-0.3, -0.25) is 0 Å². The van der Waals surface area contributed by atoms with Crippen LogP contribution in [0.15, 0.2) is 12.3 Å². The van der Waals surface area contributed by atoms with Gasteiger partial charge in [-0.2, -0.15) is 5.10 Å². The zero-order valence-corrected chi connectivity index (χ0v) is 12.3. The first-order valence-electron chi connectivity index (χ1n) is 6.58. The molecule has 1 aliphatic rings. The topological polar surface area (TPSA) is 67.1 Å². The van der Waals surface area contributed by atoms with Crippen molar-refractivity contribution in [3.05, 3.63) is 17.8 Å². The molecule has 2 rings (SSSR count). The lowest BCUT2D eigenvalue weighted by atomic mass is 9.96. The fourth-order valence-electron chi connectivity index (χ4n) is 2.72. The minimum Gasteiger partial charge on any atom is -0.389 e. The third kappa shape index (κ3) is 3.01. The molecule has 0 atom stereocenters. The van der Waals surface area contributed by atoms with Crippen molar-refractivity contribution < 1.29 is 0 Å². The number of hydrogen-bond acceptors (Lipinski definition) is 5. The Labute approximate surface area is 119 Å². The summed E-state index contributed by atoms with van der Waals surface area (Å²) in [6.45, 7) is 0.842. The van der Waals surface area contributed by atoms with Crippen LogP contribution in [0.25, 0.3) is 0 Å². The van der Waals surface area contributed by atoms with Crippen molar-refractivity contribution in [3.63, 3.8) is 0 Å². The van der Waals surface area contributed by atoms with Crippen LogP contribution in [0.2, 0.25) is 0 Å². The highest BCUT2D eigenvalue weighted by molar-refractivity contribution is 7.80. The average Bonchev–Trinajstić information content (AvgIpc) is 2.86. The Hall–Kier alpha value is -1.27. The molecule has 0 bridgehead atoms. The summed E-state index contributed by atoms with van der Waals surface area (Å²) >= 11 is 5.04. The molecule has 104 valence electrons. The zero-order valence-electron chi connectivity index (χ0n) is 11.5. The fraction of sp³-hybridized carbons (Fsp3) is 0.615. The summed E-state index contributed by atoms with van der Waals surface area (Å²) in [5.74, 6) is 0.683. The van der Waals surface area contributed by atoms with Gasteiger partial charge in [0.25, 0.3) is 0 Å². The summed E-state index contributed by atoms with van der Waals surface area (Å²) in [6, 6.07) is 1.80. The minimum atomic E-state index is 0.199. The van der Waals surface area contributed by atoms with E-state index in [1.54, 1.807) is 12.3 Å². The molecule has 1 heterocycles. The maximum absolute atomic E-state index is 5.70. The lowest BCUT2D eigenvalue weighted by Crippen LogP contribution is -2.47. The van der Waals surface area contributed by atoms with Crippen molar-refractivity contribution in [3.8, 4) is 0 Å². The largest absolute Gasteiger partial charge is 0.389 e. The highest BCUT2D eigenvalue weighted by Crippen LogP contribution is 2.33. The first-order valence-corrected chi connectivity index (χ1v) is 6.99. The molecule has 1 aromatic rings. The second-order valence-electron chi connectivity index (χ2n) is 5.34. The summed E-state index contributed by atoms with van der Waals surface area (Å²) in [5.41, 5.74) is 6.66. The quantitative estimate of drug-likeness (QED) is 0.794. The predicted molar refractivity (Wildman–Crippen MR) is 81.3 cm³/mol. The molecule has 3 N–H and O–H groups in total. The third-order valence-electron chi connectivity index (χ3n) is 4.05. The van der Waals surface area contributed by atoms with Gasteiger partial charge in [-0.15, -0.1) is 5.10 Å². The number of anilines is 1. The van der Waals surface area contributed by atoms with Crippen LogP contribution in [0.1, 0.15) is 31.2 Å². The molecule has 0 radical (unpaired) electrons. The Morgan fingerprint density at radius 1 is 1.47 bits per heavy atom. The number of thiocarbonyl (C=S) groups is 1. The van der Waals surface area contributed by atoms with Gasteiger partial charge in [-0.05, 0) is 33.0 Å². The summed E-state index contributed by atoms with van der Waals surface area (Å²) < 4.78 is 0. The van der Waals surface area contributed by atoms with E-state index in [0.29, 0.717) is 10.8 Å². The second-order valence-corrected chi connectivity index (χ2v) is 5.78. The van der Waals surface area contributed by atoms with E-state index < -0.39 is 0 Å². The van der Waals surface area contributed by atoms with Crippen LogP contribution >= 0.6 is 12.2 Å². The minimum absolute atomic E-state index is 0.199. The highest BCUT2D eigenvalue weighted by atomic mass is 32.1. The second kappa shape index (κ2) is 5.79. The normalized spacial score (nSPS) is 17.6. The molecule has 0 unspecified atom stereocenters. The van der Waals surface area contributed by atoms with Crippen molar-refractivity contribution in [1.82, 2.24) is 15.1 Å². The molecule has 5 nitrogen and oxygen atoms in total. The number of nitrogens with two attached hydrogens (primary N) is 1. The Bertz CT molecular complexity index is 454. The Kier molecular flexibility index (Phi) is 4.31. The molecule has 0 saturated heterocycles. The lowest BCUT2D eigenvalue weighted by Gasteiger charge is -2.36. The van der Waals surface area contributed by atoms with E-state index in [0.717, 1.165) is 12.1 Å². The van der Waals surface area contributed by atoms with Gasteiger partial charge in [0.05, 0.1) is 11.8 Å². The maximum atomic E-state index is 5.70. The average molecular weight is 279 g/mol. The van der Waals surface area contributed by atoms with Crippen LogP contribution in [-0.2, 0) is 0 Å². The molecule has 6 heteroatoms. The van der Waals surface area contributed by atoms with Crippen molar-refractivity contribution >= 4 is 23.0 Å². The Morgan fingerprint density at radius 3 is 2.74 bits per heavy atom. The van der Waals surface area contributed by atoms with E-state index in [-0.39, 0.29) is 5.54 Å². The molecule has 0 amide bonds. The molecule has 1 fully saturated rings. The molecule has 19 heavy (non-hydrogen) atoms. The van der Waals surface area contributed by atoms with Crippen molar-refractivity contribution in [1.29, 1.82) is 0 Å². The molecule has 1 aromatic heterocycles. The van der Waals surface area contributed by atoms with Crippen LogP contribution in [-0.4, -0.2) is 46.3 Å². The standard InChI is InChI=1S/C13H21N5S/c1-18(2)13(6-3-4-7-13)9-15-12-10(11(14)19)5-8-16-17-12/h5,8H,3-4,6-7,9H2,1-2H3,(H2,14,19)(H,15,17). The van der Waals surface area contributed by atoms with E-state index in [2.05, 4.69) is 34.5 Å². The molecular formula is C13H21N5S. The third-order valence-corrected chi connectivity index (χ3v) is 4.27. The van der Waals surface area contributed by atoms with Gasteiger partial charge in [-0.1, -0.05) is 25.1 Å². The number of nitrogens with one attached hydrogen (secondary N) is 1. The molecule has 1 saturated carbocycles. The van der Waals surface area contributed by atoms with Crippen LogP contribution in [0.4, 0.5) is 5.82 Å². The van der Waals surface area contributed by atoms with Crippen LogP contribution in [0, 0.1) is 0 Å². The van der Waals surface area contributed by atoms with E-state index in [4.69, 9.17) is 18.0 Å². The van der Waals surface area contributed by atoms with E-state index in [1.165, 1.54) is 25.7 Å². The van der Waals surface area contributed by atoms with Crippen molar-refractivity contribution in [2.24, 2.45) is 5.73 Å². The molecule has 0 spiro atoms. The van der Waals surface area contributed by atoms with Gasteiger partial charge in [0.2, 0.25) is 0 Å². The smallest absolute Gasteiger partial charge is 0.159 e. The van der Waals surface area contributed by atoms with Crippen LogP contribution < -0.4 is 11.1 Å².